The Balaban J connectivity index is 1.82. The molecule has 1 fully saturated rings. The van der Waals surface area contributed by atoms with E-state index in [9.17, 15) is 4.79 Å². The van der Waals surface area contributed by atoms with E-state index in [2.05, 4.69) is 10.3 Å². The fourth-order valence-corrected chi connectivity index (χ4v) is 2.52. The molecular formula is C11H16N2O4S. The van der Waals surface area contributed by atoms with Crippen LogP contribution in [-0.2, 0) is 16.0 Å². The quantitative estimate of drug-likeness (QED) is 0.795. The molecule has 0 aromatic carbocycles. The van der Waals surface area contributed by atoms with E-state index in [-0.39, 0.29) is 10.6 Å². The number of carbonyl (C=O) groups is 1. The Morgan fingerprint density at radius 1 is 1.78 bits per heavy atom. The lowest BCUT2D eigenvalue weighted by molar-refractivity contribution is -0.0159. The van der Waals surface area contributed by atoms with E-state index in [4.69, 9.17) is 14.6 Å². The minimum absolute atomic E-state index is 0.123. The summed E-state index contributed by atoms with van der Waals surface area (Å²) in [7, 11) is 1.68. The van der Waals surface area contributed by atoms with Crippen LogP contribution in [0.4, 0.5) is 0 Å². The minimum atomic E-state index is -0.983. The first-order valence-corrected chi connectivity index (χ1v) is 6.54. The SMILES string of the molecule is COC1(CNCc2csc(C(=O)O)n2)CCOC1. The number of aromatic nitrogens is 1. The van der Waals surface area contributed by atoms with Crippen LogP contribution < -0.4 is 5.32 Å². The molecule has 0 spiro atoms. The van der Waals surface area contributed by atoms with Crippen molar-refractivity contribution in [2.45, 2.75) is 18.6 Å². The summed E-state index contributed by atoms with van der Waals surface area (Å²) in [6.45, 7) is 2.52. The van der Waals surface area contributed by atoms with Crippen molar-refractivity contribution in [3.8, 4) is 0 Å². The maximum Gasteiger partial charge on any atom is 0.365 e. The third-order valence-electron chi connectivity index (χ3n) is 2.99. The first kappa shape index (κ1) is 13.4. The predicted octanol–water partition coefficient (Wildman–Crippen LogP) is 0.736. The highest BCUT2D eigenvalue weighted by Crippen LogP contribution is 2.21. The molecule has 6 nitrogen and oxygen atoms in total. The molecule has 1 aromatic rings. The lowest BCUT2D eigenvalue weighted by atomic mass is 10.0. The smallest absolute Gasteiger partial charge is 0.365 e. The maximum atomic E-state index is 10.7. The number of ether oxygens (including phenoxy) is 2. The molecule has 7 heteroatoms. The average molecular weight is 272 g/mol. The number of carboxylic acids is 1. The van der Waals surface area contributed by atoms with Crippen LogP contribution >= 0.6 is 11.3 Å². The first-order chi connectivity index (χ1) is 8.65. The second kappa shape index (κ2) is 5.75. The van der Waals surface area contributed by atoms with Crippen molar-refractivity contribution in [3.63, 3.8) is 0 Å². The molecule has 0 amide bonds. The van der Waals surface area contributed by atoms with Gasteiger partial charge >= 0.3 is 5.97 Å². The minimum Gasteiger partial charge on any atom is -0.476 e. The van der Waals surface area contributed by atoms with Crippen LogP contribution in [-0.4, -0.2) is 48.5 Å². The van der Waals surface area contributed by atoms with Gasteiger partial charge in [-0.3, -0.25) is 0 Å². The lowest BCUT2D eigenvalue weighted by Crippen LogP contribution is -2.42. The van der Waals surface area contributed by atoms with Gasteiger partial charge in [-0.05, 0) is 0 Å². The van der Waals surface area contributed by atoms with Crippen LogP contribution in [0.3, 0.4) is 0 Å². The van der Waals surface area contributed by atoms with Gasteiger partial charge in [0.25, 0.3) is 0 Å². The summed E-state index contributed by atoms with van der Waals surface area (Å²) >= 11 is 1.14. The number of hydrogen-bond donors (Lipinski definition) is 2. The molecule has 0 aliphatic carbocycles. The van der Waals surface area contributed by atoms with Gasteiger partial charge in [-0.2, -0.15) is 0 Å². The van der Waals surface area contributed by atoms with Crippen molar-refractivity contribution in [2.24, 2.45) is 0 Å². The number of hydrogen-bond acceptors (Lipinski definition) is 6. The van der Waals surface area contributed by atoms with Crippen molar-refractivity contribution in [3.05, 3.63) is 16.1 Å². The molecule has 1 aliphatic heterocycles. The van der Waals surface area contributed by atoms with E-state index in [0.717, 1.165) is 30.1 Å². The van der Waals surface area contributed by atoms with Gasteiger partial charge < -0.3 is 19.9 Å². The van der Waals surface area contributed by atoms with Crippen molar-refractivity contribution in [1.29, 1.82) is 0 Å². The van der Waals surface area contributed by atoms with E-state index in [1.807, 2.05) is 0 Å². The number of aromatic carboxylic acids is 1. The lowest BCUT2D eigenvalue weighted by Gasteiger charge is -2.25. The van der Waals surface area contributed by atoms with Gasteiger partial charge in [-0.15, -0.1) is 11.3 Å². The zero-order valence-electron chi connectivity index (χ0n) is 10.1. The molecule has 1 saturated heterocycles. The number of thiazole rings is 1. The van der Waals surface area contributed by atoms with Crippen LogP contribution in [0.1, 0.15) is 21.9 Å². The van der Waals surface area contributed by atoms with E-state index in [1.165, 1.54) is 0 Å². The molecule has 1 atom stereocenters. The molecular weight excluding hydrogens is 256 g/mol. The molecule has 0 saturated carbocycles. The summed E-state index contributed by atoms with van der Waals surface area (Å²) in [6.07, 6.45) is 0.869. The van der Waals surface area contributed by atoms with Crippen molar-refractivity contribution in [1.82, 2.24) is 10.3 Å². The first-order valence-electron chi connectivity index (χ1n) is 5.66. The second-order valence-electron chi connectivity index (χ2n) is 4.24. The zero-order chi connectivity index (χ0) is 13.0. The number of nitrogens with zero attached hydrogens (tertiary/aromatic N) is 1. The van der Waals surface area contributed by atoms with Gasteiger partial charge in [0.15, 0.2) is 0 Å². The second-order valence-corrected chi connectivity index (χ2v) is 5.10. The topological polar surface area (TPSA) is 80.7 Å². The van der Waals surface area contributed by atoms with Gasteiger partial charge in [-0.1, -0.05) is 0 Å². The van der Waals surface area contributed by atoms with Gasteiger partial charge in [0.05, 0.1) is 12.3 Å². The summed E-state index contributed by atoms with van der Waals surface area (Å²) in [6, 6.07) is 0. The molecule has 0 radical (unpaired) electrons. The monoisotopic (exact) mass is 272 g/mol. The summed E-state index contributed by atoms with van der Waals surface area (Å²) in [5, 5.41) is 13.9. The maximum absolute atomic E-state index is 10.7. The molecule has 1 unspecified atom stereocenters. The molecule has 1 aliphatic rings. The molecule has 1 aromatic heterocycles. The molecule has 2 N–H and O–H groups in total. The predicted molar refractivity (Wildman–Crippen MR) is 66.0 cm³/mol. The summed E-state index contributed by atoms with van der Waals surface area (Å²) < 4.78 is 10.8. The summed E-state index contributed by atoms with van der Waals surface area (Å²) in [4.78, 5) is 14.7. The van der Waals surface area contributed by atoms with Crippen molar-refractivity contribution < 1.29 is 19.4 Å². The van der Waals surface area contributed by atoms with Crippen LogP contribution in [0.5, 0.6) is 0 Å². The summed E-state index contributed by atoms with van der Waals surface area (Å²) in [5.41, 5.74) is 0.480. The van der Waals surface area contributed by atoms with E-state index >= 15 is 0 Å². The number of nitrogens with one attached hydrogen (secondary N) is 1. The van der Waals surface area contributed by atoms with E-state index in [0.29, 0.717) is 19.7 Å². The van der Waals surface area contributed by atoms with E-state index < -0.39 is 5.97 Å². The average Bonchev–Trinajstić information content (AvgIpc) is 2.98. The van der Waals surface area contributed by atoms with Gasteiger partial charge in [0, 0.05) is 38.6 Å². The van der Waals surface area contributed by atoms with Crippen LogP contribution in [0.25, 0.3) is 0 Å². The Kier molecular flexibility index (Phi) is 4.28. The molecule has 2 rings (SSSR count). The van der Waals surface area contributed by atoms with Crippen LogP contribution in [0.2, 0.25) is 0 Å². The standard InChI is InChI=1S/C11H16N2O4S/c1-16-11(2-3-17-7-11)6-12-4-8-5-18-9(13-8)10(14)15/h5,12H,2-4,6-7H2,1H3,(H,14,15). The highest BCUT2D eigenvalue weighted by Gasteiger charge is 2.34. The van der Waals surface area contributed by atoms with E-state index in [1.54, 1.807) is 12.5 Å². The molecule has 0 bridgehead atoms. The molecule has 18 heavy (non-hydrogen) atoms. The van der Waals surface area contributed by atoms with Gasteiger partial charge in [-0.25, -0.2) is 9.78 Å². The highest BCUT2D eigenvalue weighted by molar-refractivity contribution is 7.11. The molecule has 2 heterocycles. The van der Waals surface area contributed by atoms with Crippen LogP contribution in [0, 0.1) is 0 Å². The highest BCUT2D eigenvalue weighted by atomic mass is 32.1. The van der Waals surface area contributed by atoms with Gasteiger partial charge in [0.2, 0.25) is 5.01 Å². The summed E-state index contributed by atoms with van der Waals surface area (Å²) in [5.74, 6) is -0.983. The van der Waals surface area contributed by atoms with Crippen LogP contribution in [0.15, 0.2) is 5.38 Å². The fourth-order valence-electron chi connectivity index (χ4n) is 1.87. The Morgan fingerprint density at radius 3 is 3.17 bits per heavy atom. The normalized spacial score (nSPS) is 23.4. The molecule has 100 valence electrons. The zero-order valence-corrected chi connectivity index (χ0v) is 11.0. The van der Waals surface area contributed by atoms with Crippen molar-refractivity contribution >= 4 is 17.3 Å². The third kappa shape index (κ3) is 3.05. The number of carboxylic acid groups (broad SMARTS) is 1. The third-order valence-corrected chi connectivity index (χ3v) is 3.87. The van der Waals surface area contributed by atoms with Gasteiger partial charge in [0.1, 0.15) is 5.60 Å². The number of rotatable bonds is 6. The number of methoxy groups -OCH3 is 1. The largest absolute Gasteiger partial charge is 0.476 e. The Bertz CT molecular complexity index is 415. The fraction of sp³-hybridized carbons (Fsp3) is 0.636. The Labute approximate surface area is 109 Å². The Hall–Kier alpha value is -1.02. The van der Waals surface area contributed by atoms with Crippen molar-refractivity contribution in [2.75, 3.05) is 26.9 Å². The Morgan fingerprint density at radius 2 is 2.61 bits per heavy atom.